The van der Waals surface area contributed by atoms with Crippen molar-refractivity contribution < 1.29 is 59.1 Å². The van der Waals surface area contributed by atoms with E-state index in [1.165, 1.54) is 0 Å². The summed E-state index contributed by atoms with van der Waals surface area (Å²) in [7, 11) is 6.27. The first-order chi connectivity index (χ1) is 25.9. The predicted octanol–water partition coefficient (Wildman–Crippen LogP) is 4.46. The largest absolute Gasteiger partial charge is 0.493 e. The van der Waals surface area contributed by atoms with Crippen LogP contribution >= 0.6 is 0 Å². The lowest BCUT2D eigenvalue weighted by Crippen LogP contribution is -2.26. The lowest BCUT2D eigenvalue weighted by atomic mass is 10.1. The van der Waals surface area contributed by atoms with Gasteiger partial charge in [0.2, 0.25) is 11.5 Å². The van der Waals surface area contributed by atoms with Gasteiger partial charge in [0.05, 0.1) is 104 Å². The van der Waals surface area contributed by atoms with E-state index in [0.29, 0.717) is 60.2 Å². The van der Waals surface area contributed by atoms with Crippen molar-refractivity contribution in [2.75, 3.05) is 105 Å². The molecule has 19 heteroatoms. The molecule has 0 fully saturated rings. The van der Waals surface area contributed by atoms with Crippen LogP contribution in [-0.2, 0) is 25.0 Å². The van der Waals surface area contributed by atoms with E-state index in [4.69, 9.17) is 42.3 Å². The third-order valence-corrected chi connectivity index (χ3v) is 7.44. The Hall–Kier alpha value is -5.08. The van der Waals surface area contributed by atoms with E-state index in [0.717, 1.165) is 47.0 Å². The Balaban J connectivity index is 0.000000926. The van der Waals surface area contributed by atoms with E-state index in [2.05, 4.69) is 19.8 Å². The Kier molecular flexibility index (Phi) is 18.2. The highest BCUT2D eigenvalue weighted by Gasteiger charge is 2.16. The van der Waals surface area contributed by atoms with Crippen molar-refractivity contribution in [3.05, 3.63) is 60.9 Å². The zero-order valence-corrected chi connectivity index (χ0v) is 34.2. The van der Waals surface area contributed by atoms with Gasteiger partial charge in [-0.2, -0.15) is 16.8 Å². The van der Waals surface area contributed by atoms with Crippen LogP contribution in [0.15, 0.2) is 60.9 Å². The zero-order chi connectivity index (χ0) is 41.3. The van der Waals surface area contributed by atoms with Gasteiger partial charge in [-0.15, -0.1) is 0 Å². The Morgan fingerprint density at radius 1 is 0.545 bits per heavy atom. The molecule has 0 aliphatic rings. The quantitative estimate of drug-likeness (QED) is 0.118. The van der Waals surface area contributed by atoms with Crippen LogP contribution in [0, 0.1) is 0 Å². The van der Waals surface area contributed by atoms with Crippen molar-refractivity contribution in [2.24, 2.45) is 0 Å². The summed E-state index contributed by atoms with van der Waals surface area (Å²) >= 11 is 0. The van der Waals surface area contributed by atoms with Crippen molar-refractivity contribution in [1.82, 2.24) is 9.97 Å². The molecule has 0 amide bonds. The number of pyridine rings is 2. The summed E-state index contributed by atoms with van der Waals surface area (Å²) in [5, 5.41) is 0. The van der Waals surface area contributed by atoms with E-state index in [9.17, 15) is 16.8 Å². The Bertz CT molecular complexity index is 1800. The number of hydrogen-bond donors (Lipinski definition) is 2. The zero-order valence-electron chi connectivity index (χ0n) is 32.6. The van der Waals surface area contributed by atoms with Crippen molar-refractivity contribution in [1.29, 1.82) is 0 Å². The molecule has 2 aromatic carbocycles. The average Bonchev–Trinajstić information content (AvgIpc) is 3.15. The molecule has 4 aromatic rings. The van der Waals surface area contributed by atoms with E-state index in [1.54, 1.807) is 42.7 Å². The maximum atomic E-state index is 9.19. The average molecular weight is 811 g/mol. The van der Waals surface area contributed by atoms with E-state index < -0.39 is 20.2 Å². The fourth-order valence-electron chi connectivity index (χ4n) is 4.79. The first-order valence-electron chi connectivity index (χ1n) is 16.2. The Labute approximate surface area is 323 Å². The smallest absolute Gasteiger partial charge is 0.261 e. The number of benzene rings is 2. The molecule has 0 spiro atoms. The van der Waals surface area contributed by atoms with Crippen molar-refractivity contribution in [2.45, 2.75) is 0 Å². The number of likely N-dealkylation sites (N-methyl/N-ethyl adjacent to an activating group) is 2. The van der Waals surface area contributed by atoms with Crippen LogP contribution in [0.4, 0.5) is 11.4 Å². The van der Waals surface area contributed by atoms with Crippen LogP contribution in [0.3, 0.4) is 0 Å². The molecule has 0 saturated heterocycles. The molecule has 4 rings (SSSR count). The molecule has 0 bridgehead atoms. The van der Waals surface area contributed by atoms with Crippen LogP contribution in [0.5, 0.6) is 34.5 Å². The van der Waals surface area contributed by atoms with Crippen molar-refractivity contribution in [3.8, 4) is 57.0 Å². The third kappa shape index (κ3) is 15.7. The molecule has 17 nitrogen and oxygen atoms in total. The fourth-order valence-corrected chi connectivity index (χ4v) is 4.79. The number of methoxy groups -OCH3 is 6. The Morgan fingerprint density at radius 3 is 1.05 bits per heavy atom. The number of rotatable bonds is 16. The van der Waals surface area contributed by atoms with Crippen LogP contribution < -0.4 is 38.2 Å². The first-order valence-corrected chi connectivity index (χ1v) is 19.9. The first kappa shape index (κ1) is 46.1. The molecule has 55 heavy (non-hydrogen) atoms. The summed E-state index contributed by atoms with van der Waals surface area (Å²) in [6.45, 7) is 2.61. The van der Waals surface area contributed by atoms with Crippen molar-refractivity contribution >= 4 is 31.6 Å². The minimum absolute atomic E-state index is 0.549. The van der Waals surface area contributed by atoms with Crippen LogP contribution in [-0.4, -0.2) is 131 Å². The number of anilines is 2. The molecular formula is C36H50N4O13S2. The van der Waals surface area contributed by atoms with Gasteiger partial charge in [0, 0.05) is 38.3 Å². The molecule has 0 unspecified atom stereocenters. The van der Waals surface area contributed by atoms with Crippen LogP contribution in [0.2, 0.25) is 0 Å². The van der Waals surface area contributed by atoms with E-state index >= 15 is 0 Å². The maximum Gasteiger partial charge on any atom is 0.261 e. The summed E-state index contributed by atoms with van der Waals surface area (Å²) in [5.74, 6) is 3.44. The van der Waals surface area contributed by atoms with Gasteiger partial charge >= 0.3 is 0 Å². The summed E-state index contributed by atoms with van der Waals surface area (Å²) in [5.41, 5.74) is 5.33. The highest BCUT2D eigenvalue weighted by molar-refractivity contribution is 7.85. The molecule has 304 valence electrons. The molecule has 2 N–H and O–H groups in total. The van der Waals surface area contributed by atoms with Gasteiger partial charge in [-0.05, 0) is 48.5 Å². The lowest BCUT2D eigenvalue weighted by Gasteiger charge is -2.21. The molecular weight excluding hydrogens is 761 g/mol. The number of ether oxygens (including phenoxy) is 7. The summed E-state index contributed by atoms with van der Waals surface area (Å²) < 4.78 is 90.4. The van der Waals surface area contributed by atoms with E-state index in [1.807, 2.05) is 75.0 Å². The predicted molar refractivity (Wildman–Crippen MR) is 211 cm³/mol. The fraction of sp³-hybridized carbons (Fsp3) is 0.389. The summed E-state index contributed by atoms with van der Waals surface area (Å²) in [4.78, 5) is 13.6. The minimum Gasteiger partial charge on any atom is -0.493 e. The standard InChI is InChI=1S/C34H42N4O7.2CH4O3S/c1-37(25-9-11-27(35-21-25)23-17-29(39-3)33(43-7)30(18-23)40-4)13-15-45-16-14-38(2)26-10-12-28(36-22-26)24-19-31(41-5)34(44-8)32(20-24)42-6;2*1-5(2,3)4/h9-12,17-22H,13-16H2,1-8H3;2*1H3,(H,2,3,4). The van der Waals surface area contributed by atoms with Gasteiger partial charge in [-0.3, -0.25) is 19.1 Å². The lowest BCUT2D eigenvalue weighted by molar-refractivity contribution is 0.147. The molecule has 0 aliphatic heterocycles. The molecule has 0 atom stereocenters. The molecule has 2 aromatic heterocycles. The van der Waals surface area contributed by atoms with E-state index in [-0.39, 0.29) is 0 Å². The third-order valence-electron chi connectivity index (χ3n) is 7.44. The maximum absolute atomic E-state index is 9.19. The number of nitrogens with zero attached hydrogens (tertiary/aromatic N) is 4. The normalized spacial score (nSPS) is 10.8. The van der Waals surface area contributed by atoms with Crippen LogP contribution in [0.1, 0.15) is 0 Å². The van der Waals surface area contributed by atoms with Gasteiger partial charge < -0.3 is 43.0 Å². The van der Waals surface area contributed by atoms with Gasteiger partial charge in [0.25, 0.3) is 20.2 Å². The molecule has 2 heterocycles. The van der Waals surface area contributed by atoms with Crippen LogP contribution in [0.25, 0.3) is 22.5 Å². The second kappa shape index (κ2) is 21.7. The highest BCUT2D eigenvalue weighted by Crippen LogP contribution is 2.42. The number of aromatic nitrogens is 2. The summed E-state index contributed by atoms with van der Waals surface area (Å²) in [6, 6.07) is 15.6. The molecule has 0 radical (unpaired) electrons. The molecule has 0 aliphatic carbocycles. The van der Waals surface area contributed by atoms with Gasteiger partial charge in [0.15, 0.2) is 23.0 Å². The van der Waals surface area contributed by atoms with Crippen molar-refractivity contribution in [3.63, 3.8) is 0 Å². The van der Waals surface area contributed by atoms with Gasteiger partial charge in [-0.25, -0.2) is 0 Å². The SMILES string of the molecule is COc1cc(-c2ccc(N(C)CCOCCN(C)c3ccc(-c4cc(OC)c(OC)c(OC)c4)nc3)cn2)cc(OC)c1OC.CS(=O)(=O)O.CS(=O)(=O)O. The Morgan fingerprint density at radius 2 is 0.836 bits per heavy atom. The van der Waals surface area contributed by atoms with Gasteiger partial charge in [0.1, 0.15) is 0 Å². The number of hydrogen-bond acceptors (Lipinski definition) is 15. The second-order valence-electron chi connectivity index (χ2n) is 11.6. The highest BCUT2D eigenvalue weighted by atomic mass is 32.2. The molecule has 0 saturated carbocycles. The second-order valence-corrected chi connectivity index (χ2v) is 14.5. The minimum atomic E-state index is -3.67. The monoisotopic (exact) mass is 810 g/mol. The summed E-state index contributed by atoms with van der Waals surface area (Å²) in [6.07, 6.45) is 5.13. The van der Waals surface area contributed by atoms with Gasteiger partial charge in [-0.1, -0.05) is 0 Å². The topological polar surface area (TPSA) is 206 Å².